The highest BCUT2D eigenvalue weighted by atomic mass is 28.4. The lowest BCUT2D eigenvalue weighted by molar-refractivity contribution is 0.312. The van der Waals surface area contributed by atoms with Crippen LogP contribution in [0.1, 0.15) is 33.6 Å². The third kappa shape index (κ3) is 3.51. The molecule has 2 atom stereocenters. The van der Waals surface area contributed by atoms with Gasteiger partial charge in [-0.3, -0.25) is 0 Å². The highest BCUT2D eigenvalue weighted by Crippen LogP contribution is 2.38. The molecular weight excluding hydrogens is 212 g/mol. The maximum absolute atomic E-state index is 6.22. The second kappa shape index (κ2) is 4.78. The molecule has 0 bridgehead atoms. The predicted octanol–water partition coefficient (Wildman–Crippen LogP) is 4.73. The fourth-order valence-corrected chi connectivity index (χ4v) is 3.20. The lowest BCUT2D eigenvalue weighted by Gasteiger charge is -2.34. The number of hydrogen-bond donors (Lipinski definition) is 0. The van der Waals surface area contributed by atoms with Gasteiger partial charge in [0.1, 0.15) is 0 Å². The Hall–Kier alpha value is -0.503. The van der Waals surface area contributed by atoms with E-state index in [4.69, 9.17) is 4.43 Å². The van der Waals surface area contributed by atoms with Crippen LogP contribution in [-0.4, -0.2) is 8.32 Å². The van der Waals surface area contributed by atoms with E-state index in [1.165, 1.54) is 23.3 Å². The standard InChI is InChI=1S/C14H26OSi/c1-10(2)13-8-11(3)12(4)14(9-13)15-16(5,6)7/h11,13H,1,8-9H2,2-7H3/t11-,13-/m1/s1. The zero-order valence-corrected chi connectivity index (χ0v) is 12.7. The van der Waals surface area contributed by atoms with E-state index in [1.807, 2.05) is 0 Å². The maximum atomic E-state index is 6.22. The van der Waals surface area contributed by atoms with Crippen LogP contribution in [0.5, 0.6) is 0 Å². The van der Waals surface area contributed by atoms with Crippen LogP contribution >= 0.6 is 0 Å². The molecule has 2 heteroatoms. The van der Waals surface area contributed by atoms with E-state index in [0.717, 1.165) is 6.42 Å². The van der Waals surface area contributed by atoms with Crippen molar-refractivity contribution in [2.24, 2.45) is 11.8 Å². The minimum absolute atomic E-state index is 0.616. The van der Waals surface area contributed by atoms with Crippen LogP contribution in [-0.2, 0) is 4.43 Å². The van der Waals surface area contributed by atoms with Crippen molar-refractivity contribution in [1.29, 1.82) is 0 Å². The van der Waals surface area contributed by atoms with E-state index in [0.29, 0.717) is 11.8 Å². The third-order valence-electron chi connectivity index (χ3n) is 3.38. The quantitative estimate of drug-likeness (QED) is 0.510. The Bertz CT molecular complexity index is 309. The van der Waals surface area contributed by atoms with E-state index in [9.17, 15) is 0 Å². The minimum Gasteiger partial charge on any atom is -0.547 e. The van der Waals surface area contributed by atoms with Crippen LogP contribution in [0.2, 0.25) is 19.6 Å². The Morgan fingerprint density at radius 2 is 1.94 bits per heavy atom. The van der Waals surface area contributed by atoms with Gasteiger partial charge >= 0.3 is 0 Å². The van der Waals surface area contributed by atoms with Crippen LogP contribution in [0.15, 0.2) is 23.5 Å². The molecule has 1 aliphatic carbocycles. The highest BCUT2D eigenvalue weighted by Gasteiger charge is 2.28. The fraction of sp³-hybridized carbons (Fsp3) is 0.714. The lowest BCUT2D eigenvalue weighted by Crippen LogP contribution is -2.29. The van der Waals surface area contributed by atoms with Crippen molar-refractivity contribution in [2.75, 3.05) is 0 Å². The van der Waals surface area contributed by atoms with Crippen LogP contribution in [0.3, 0.4) is 0 Å². The van der Waals surface area contributed by atoms with Crippen molar-refractivity contribution < 1.29 is 4.43 Å². The molecule has 0 saturated carbocycles. The molecule has 0 fully saturated rings. The van der Waals surface area contributed by atoms with Gasteiger partial charge in [0.2, 0.25) is 8.32 Å². The molecule has 0 heterocycles. The Labute approximate surface area is 102 Å². The number of hydrogen-bond acceptors (Lipinski definition) is 1. The first-order chi connectivity index (χ1) is 7.20. The molecular formula is C14H26OSi. The molecule has 0 unspecified atom stereocenters. The van der Waals surface area contributed by atoms with Crippen molar-refractivity contribution >= 4 is 8.32 Å². The second-order valence-electron chi connectivity index (χ2n) is 6.20. The molecule has 0 spiro atoms. The Balaban J connectivity index is 2.87. The molecule has 0 amide bonds. The van der Waals surface area contributed by atoms with Gasteiger partial charge in [-0.25, -0.2) is 0 Å². The molecule has 1 aliphatic rings. The zero-order chi connectivity index (χ0) is 12.5. The van der Waals surface area contributed by atoms with Crippen molar-refractivity contribution in [3.8, 4) is 0 Å². The van der Waals surface area contributed by atoms with Crippen molar-refractivity contribution in [3.63, 3.8) is 0 Å². The first-order valence-electron chi connectivity index (χ1n) is 6.24. The van der Waals surface area contributed by atoms with Gasteiger partial charge in [0, 0.05) is 6.42 Å². The topological polar surface area (TPSA) is 9.23 Å². The van der Waals surface area contributed by atoms with Gasteiger partial charge in [0.15, 0.2) is 0 Å². The summed E-state index contributed by atoms with van der Waals surface area (Å²) >= 11 is 0. The minimum atomic E-state index is -1.47. The molecule has 0 aromatic carbocycles. The molecule has 1 nitrogen and oxygen atoms in total. The SMILES string of the molecule is C=C(C)[C@H]1CC(O[Si](C)(C)C)=C(C)[C@H](C)C1. The van der Waals surface area contributed by atoms with Gasteiger partial charge in [-0.1, -0.05) is 19.1 Å². The van der Waals surface area contributed by atoms with Crippen molar-refractivity contribution in [1.82, 2.24) is 0 Å². The number of rotatable bonds is 3. The molecule has 0 aromatic heterocycles. The zero-order valence-electron chi connectivity index (χ0n) is 11.7. The van der Waals surface area contributed by atoms with Gasteiger partial charge < -0.3 is 4.43 Å². The summed E-state index contributed by atoms with van der Waals surface area (Å²) in [6.45, 7) is 17.5. The highest BCUT2D eigenvalue weighted by molar-refractivity contribution is 6.70. The second-order valence-corrected chi connectivity index (χ2v) is 10.6. The largest absolute Gasteiger partial charge is 0.547 e. The lowest BCUT2D eigenvalue weighted by atomic mass is 9.79. The maximum Gasteiger partial charge on any atom is 0.241 e. The van der Waals surface area contributed by atoms with E-state index in [2.05, 4.69) is 47.0 Å². The average Bonchev–Trinajstić information content (AvgIpc) is 2.10. The smallest absolute Gasteiger partial charge is 0.241 e. The predicted molar refractivity (Wildman–Crippen MR) is 73.8 cm³/mol. The molecule has 0 saturated heterocycles. The van der Waals surface area contributed by atoms with Crippen LogP contribution in [0.25, 0.3) is 0 Å². The summed E-state index contributed by atoms with van der Waals surface area (Å²) in [5, 5.41) is 0. The monoisotopic (exact) mass is 238 g/mol. The summed E-state index contributed by atoms with van der Waals surface area (Å²) in [5.74, 6) is 2.51. The van der Waals surface area contributed by atoms with E-state index in [1.54, 1.807) is 0 Å². The Kier molecular flexibility index (Phi) is 4.05. The fourth-order valence-electron chi connectivity index (χ4n) is 2.21. The van der Waals surface area contributed by atoms with Gasteiger partial charge in [-0.2, -0.15) is 0 Å². The molecule has 0 N–H and O–H groups in total. The van der Waals surface area contributed by atoms with E-state index < -0.39 is 8.32 Å². The first kappa shape index (κ1) is 13.6. The Morgan fingerprint density at radius 3 is 2.38 bits per heavy atom. The Morgan fingerprint density at radius 1 is 1.38 bits per heavy atom. The average molecular weight is 238 g/mol. The normalized spacial score (nSPS) is 26.9. The number of allylic oxidation sites excluding steroid dienone is 3. The molecule has 1 rings (SSSR count). The molecule has 92 valence electrons. The molecule has 0 aromatic rings. The summed E-state index contributed by atoms with van der Waals surface area (Å²) < 4.78 is 6.22. The van der Waals surface area contributed by atoms with Crippen molar-refractivity contribution in [3.05, 3.63) is 23.5 Å². The summed E-state index contributed by atoms with van der Waals surface area (Å²) in [4.78, 5) is 0. The molecule has 0 radical (unpaired) electrons. The summed E-state index contributed by atoms with van der Waals surface area (Å²) in [5.41, 5.74) is 2.76. The third-order valence-corrected chi connectivity index (χ3v) is 4.23. The summed E-state index contributed by atoms with van der Waals surface area (Å²) in [6.07, 6.45) is 2.30. The first-order valence-corrected chi connectivity index (χ1v) is 9.65. The van der Waals surface area contributed by atoms with Gasteiger partial charge in [0.25, 0.3) is 0 Å². The van der Waals surface area contributed by atoms with E-state index in [-0.39, 0.29) is 0 Å². The van der Waals surface area contributed by atoms with Crippen LogP contribution < -0.4 is 0 Å². The van der Waals surface area contributed by atoms with Gasteiger partial charge in [0.05, 0.1) is 5.76 Å². The van der Waals surface area contributed by atoms with Gasteiger partial charge in [-0.15, -0.1) is 0 Å². The summed E-state index contributed by atoms with van der Waals surface area (Å²) in [6, 6.07) is 0. The van der Waals surface area contributed by atoms with Crippen LogP contribution in [0.4, 0.5) is 0 Å². The summed E-state index contributed by atoms with van der Waals surface area (Å²) in [7, 11) is -1.47. The molecule has 0 aliphatic heterocycles. The van der Waals surface area contributed by atoms with Crippen LogP contribution in [0, 0.1) is 11.8 Å². The van der Waals surface area contributed by atoms with Crippen molar-refractivity contribution in [2.45, 2.75) is 53.3 Å². The van der Waals surface area contributed by atoms with E-state index >= 15 is 0 Å². The molecule has 16 heavy (non-hydrogen) atoms. The van der Waals surface area contributed by atoms with Gasteiger partial charge in [-0.05, 0) is 57.3 Å².